The molecule has 2 amide bonds. The van der Waals surface area contributed by atoms with Crippen LogP contribution >= 0.6 is 0 Å². The Kier molecular flexibility index (Phi) is 5.81. The van der Waals surface area contributed by atoms with Crippen molar-refractivity contribution in [3.63, 3.8) is 0 Å². The monoisotopic (exact) mass is 406 g/mol. The van der Waals surface area contributed by atoms with Crippen molar-refractivity contribution in [2.24, 2.45) is 0 Å². The van der Waals surface area contributed by atoms with Gasteiger partial charge >= 0.3 is 6.18 Å². The number of amides is 2. The van der Waals surface area contributed by atoms with Gasteiger partial charge in [0.2, 0.25) is 5.91 Å². The number of carbonyl (C=O) groups is 2. The van der Waals surface area contributed by atoms with Crippen LogP contribution in [0.4, 0.5) is 13.2 Å². The topological polar surface area (TPSA) is 69.6 Å². The molecule has 1 fully saturated rings. The second-order valence-electron chi connectivity index (χ2n) is 7.01. The Morgan fingerprint density at radius 1 is 1.24 bits per heavy atom. The third-order valence-corrected chi connectivity index (χ3v) is 4.95. The molecule has 1 aliphatic heterocycles. The van der Waals surface area contributed by atoms with Gasteiger partial charge in [0.1, 0.15) is 5.75 Å². The molecule has 3 rings (SSSR count). The molecule has 8 heteroatoms. The van der Waals surface area contributed by atoms with Crippen molar-refractivity contribution in [2.75, 3.05) is 6.54 Å². The Morgan fingerprint density at radius 2 is 1.97 bits per heavy atom. The van der Waals surface area contributed by atoms with Gasteiger partial charge in [-0.1, -0.05) is 31.2 Å². The van der Waals surface area contributed by atoms with Crippen molar-refractivity contribution in [1.82, 2.24) is 10.2 Å². The van der Waals surface area contributed by atoms with Gasteiger partial charge in [-0.2, -0.15) is 13.2 Å². The van der Waals surface area contributed by atoms with Gasteiger partial charge < -0.3 is 15.3 Å². The molecular weight excluding hydrogens is 385 g/mol. The van der Waals surface area contributed by atoms with Crippen LogP contribution in [0, 0.1) is 0 Å². The second kappa shape index (κ2) is 8.14. The number of benzene rings is 2. The molecule has 1 atom stereocenters. The van der Waals surface area contributed by atoms with Gasteiger partial charge in [-0.25, -0.2) is 0 Å². The Morgan fingerprint density at radius 3 is 2.66 bits per heavy atom. The molecule has 1 saturated heterocycles. The third kappa shape index (κ3) is 4.70. The fraction of sp³-hybridized carbons (Fsp3) is 0.333. The minimum absolute atomic E-state index is 0.00580. The lowest BCUT2D eigenvalue weighted by molar-refractivity contribution is -0.139. The highest BCUT2D eigenvalue weighted by Gasteiger charge is 2.36. The Labute approximate surface area is 166 Å². The molecule has 0 bridgehead atoms. The summed E-state index contributed by atoms with van der Waals surface area (Å²) in [6, 6.07) is 9.32. The van der Waals surface area contributed by atoms with Crippen LogP contribution in [0.3, 0.4) is 0 Å². The van der Waals surface area contributed by atoms with Crippen LogP contribution in [-0.4, -0.2) is 34.4 Å². The number of aromatic hydroxyl groups is 1. The van der Waals surface area contributed by atoms with Crippen molar-refractivity contribution in [3.05, 3.63) is 64.7 Å². The number of phenolic OH excluding ortho intramolecular Hbond substituents is 1. The minimum atomic E-state index is -4.51. The molecule has 2 aromatic carbocycles. The number of aryl methyl sites for hydroxylation is 1. The van der Waals surface area contributed by atoms with E-state index in [2.05, 4.69) is 5.32 Å². The predicted octanol–water partition coefficient (Wildman–Crippen LogP) is 3.50. The normalized spacial score (nSPS) is 16.9. The van der Waals surface area contributed by atoms with E-state index in [4.69, 9.17) is 0 Å². The quantitative estimate of drug-likeness (QED) is 0.799. The zero-order valence-corrected chi connectivity index (χ0v) is 15.8. The van der Waals surface area contributed by atoms with Crippen LogP contribution in [0.5, 0.6) is 5.75 Å². The van der Waals surface area contributed by atoms with Crippen LogP contribution in [0.25, 0.3) is 0 Å². The molecule has 0 radical (unpaired) electrons. The average Bonchev–Trinajstić information content (AvgIpc) is 3.00. The van der Waals surface area contributed by atoms with E-state index < -0.39 is 23.7 Å². The minimum Gasteiger partial charge on any atom is -0.507 e. The van der Waals surface area contributed by atoms with E-state index in [1.54, 1.807) is 12.1 Å². The number of nitrogens with one attached hydrogen (secondary N) is 1. The van der Waals surface area contributed by atoms with Gasteiger partial charge in [-0.3, -0.25) is 9.59 Å². The number of rotatable bonds is 5. The summed E-state index contributed by atoms with van der Waals surface area (Å²) in [5.74, 6) is -1.02. The molecule has 0 aliphatic carbocycles. The molecule has 0 aromatic heterocycles. The summed E-state index contributed by atoms with van der Waals surface area (Å²) in [5.41, 5.74) is 0.216. The SMILES string of the molecule is CCc1ccc(O)c(C(=O)NC2CC(=O)N(Cc3ccccc3C(F)(F)F)C2)c1. The number of phenols is 1. The molecular formula is C21H21F3N2O3. The first kappa shape index (κ1) is 20.7. The molecule has 1 heterocycles. The van der Waals surface area contributed by atoms with Crippen LogP contribution in [0.15, 0.2) is 42.5 Å². The molecule has 2 aromatic rings. The van der Waals surface area contributed by atoms with E-state index >= 15 is 0 Å². The predicted molar refractivity (Wildman–Crippen MR) is 100 cm³/mol. The van der Waals surface area contributed by atoms with E-state index in [1.165, 1.54) is 29.2 Å². The van der Waals surface area contributed by atoms with E-state index in [1.807, 2.05) is 6.92 Å². The lowest BCUT2D eigenvalue weighted by Gasteiger charge is -2.20. The van der Waals surface area contributed by atoms with Crippen molar-refractivity contribution < 1.29 is 27.9 Å². The van der Waals surface area contributed by atoms with Gasteiger partial charge in [0.05, 0.1) is 17.2 Å². The zero-order chi connectivity index (χ0) is 21.2. The third-order valence-electron chi connectivity index (χ3n) is 4.95. The van der Waals surface area contributed by atoms with Crippen LogP contribution in [0.1, 0.15) is 40.4 Å². The maximum absolute atomic E-state index is 13.2. The fourth-order valence-electron chi connectivity index (χ4n) is 3.41. The standard InChI is InChI=1S/C21H21F3N2O3/c1-2-13-7-8-18(27)16(9-13)20(29)25-15-10-19(28)26(12-15)11-14-5-3-4-6-17(14)21(22,23)24/h3-9,15,27H,2,10-12H2,1H3,(H,25,29). The molecule has 1 unspecified atom stereocenters. The van der Waals surface area contributed by atoms with Gasteiger partial charge in [0.15, 0.2) is 0 Å². The van der Waals surface area contributed by atoms with Crippen molar-refractivity contribution in [3.8, 4) is 5.75 Å². The highest BCUT2D eigenvalue weighted by atomic mass is 19.4. The number of hydrogen-bond acceptors (Lipinski definition) is 3. The molecule has 0 spiro atoms. The van der Waals surface area contributed by atoms with E-state index in [0.29, 0.717) is 6.42 Å². The first-order valence-corrected chi connectivity index (χ1v) is 9.24. The van der Waals surface area contributed by atoms with Gasteiger partial charge in [-0.05, 0) is 35.7 Å². The number of alkyl halides is 3. The van der Waals surface area contributed by atoms with Crippen molar-refractivity contribution >= 4 is 11.8 Å². The Hall–Kier alpha value is -3.03. The number of nitrogens with zero attached hydrogens (tertiary/aromatic N) is 1. The molecule has 1 aliphatic rings. The second-order valence-corrected chi connectivity index (χ2v) is 7.01. The average molecular weight is 406 g/mol. The maximum Gasteiger partial charge on any atom is 0.416 e. The summed E-state index contributed by atoms with van der Waals surface area (Å²) in [7, 11) is 0. The van der Waals surface area contributed by atoms with E-state index in [-0.39, 0.29) is 42.3 Å². The van der Waals surface area contributed by atoms with E-state index in [9.17, 15) is 27.9 Å². The number of hydrogen-bond donors (Lipinski definition) is 2. The largest absolute Gasteiger partial charge is 0.507 e. The summed E-state index contributed by atoms with van der Waals surface area (Å²) >= 11 is 0. The van der Waals surface area contributed by atoms with Crippen LogP contribution < -0.4 is 5.32 Å². The number of likely N-dealkylation sites (tertiary alicyclic amines) is 1. The first-order valence-electron chi connectivity index (χ1n) is 9.24. The van der Waals surface area contributed by atoms with Gasteiger partial charge in [0, 0.05) is 19.5 Å². The highest BCUT2D eigenvalue weighted by Crippen LogP contribution is 2.33. The summed E-state index contributed by atoms with van der Waals surface area (Å²) in [6.45, 7) is 1.84. The molecule has 5 nitrogen and oxygen atoms in total. The van der Waals surface area contributed by atoms with Crippen LogP contribution in [-0.2, 0) is 23.9 Å². The Balaban J connectivity index is 1.69. The van der Waals surface area contributed by atoms with Gasteiger partial charge in [0.25, 0.3) is 5.91 Å². The smallest absolute Gasteiger partial charge is 0.416 e. The van der Waals surface area contributed by atoms with Crippen molar-refractivity contribution in [2.45, 2.75) is 38.5 Å². The number of carbonyl (C=O) groups excluding carboxylic acids is 2. The Bertz CT molecular complexity index is 928. The van der Waals surface area contributed by atoms with Gasteiger partial charge in [-0.15, -0.1) is 0 Å². The molecule has 29 heavy (non-hydrogen) atoms. The first-order chi connectivity index (χ1) is 13.7. The number of halogens is 3. The molecule has 154 valence electrons. The summed E-state index contributed by atoms with van der Waals surface area (Å²) < 4.78 is 39.5. The van der Waals surface area contributed by atoms with E-state index in [0.717, 1.165) is 11.6 Å². The summed E-state index contributed by atoms with van der Waals surface area (Å²) in [4.78, 5) is 26.1. The lowest BCUT2D eigenvalue weighted by atomic mass is 10.1. The highest BCUT2D eigenvalue weighted by molar-refractivity contribution is 5.97. The molecule has 0 saturated carbocycles. The fourth-order valence-corrected chi connectivity index (χ4v) is 3.41. The van der Waals surface area contributed by atoms with Crippen molar-refractivity contribution in [1.29, 1.82) is 0 Å². The molecule has 2 N–H and O–H groups in total. The van der Waals surface area contributed by atoms with Crippen LogP contribution in [0.2, 0.25) is 0 Å². The zero-order valence-electron chi connectivity index (χ0n) is 15.8. The maximum atomic E-state index is 13.2. The lowest BCUT2D eigenvalue weighted by Crippen LogP contribution is -2.37. The summed E-state index contributed by atoms with van der Waals surface area (Å²) in [5, 5.41) is 12.6. The summed E-state index contributed by atoms with van der Waals surface area (Å²) in [6.07, 6.45) is -3.82.